The predicted molar refractivity (Wildman–Crippen MR) is 137 cm³/mol. The number of anilines is 1. The first-order valence-electron chi connectivity index (χ1n) is 10.6. The van der Waals surface area contributed by atoms with E-state index in [2.05, 4.69) is 21.7 Å². The number of hydrogen-bond acceptors (Lipinski definition) is 6. The highest BCUT2D eigenvalue weighted by molar-refractivity contribution is 7.80. The molecule has 4 aromatic rings. The molecular formula is C26H25N3O4S. The number of thiocarbonyl (C=S) groups is 1. The van der Waals surface area contributed by atoms with Gasteiger partial charge in [-0.05, 0) is 80.0 Å². The molecule has 7 nitrogen and oxygen atoms in total. The van der Waals surface area contributed by atoms with Crippen LogP contribution in [0.3, 0.4) is 0 Å². The first kappa shape index (κ1) is 23.3. The molecule has 0 saturated heterocycles. The van der Waals surface area contributed by atoms with E-state index in [1.807, 2.05) is 45.0 Å². The van der Waals surface area contributed by atoms with Gasteiger partial charge in [-0.1, -0.05) is 12.1 Å². The summed E-state index contributed by atoms with van der Waals surface area (Å²) in [6.07, 6.45) is 0. The van der Waals surface area contributed by atoms with Gasteiger partial charge in [0.1, 0.15) is 17.0 Å². The highest BCUT2D eigenvalue weighted by Crippen LogP contribution is 2.30. The molecule has 2 N–H and O–H groups in total. The summed E-state index contributed by atoms with van der Waals surface area (Å²) in [6.45, 7) is 5.99. The van der Waals surface area contributed by atoms with E-state index in [4.69, 9.17) is 26.1 Å². The molecule has 34 heavy (non-hydrogen) atoms. The van der Waals surface area contributed by atoms with E-state index < -0.39 is 0 Å². The Balaban J connectivity index is 1.54. The van der Waals surface area contributed by atoms with Crippen molar-refractivity contribution in [3.05, 3.63) is 70.8 Å². The first-order chi connectivity index (χ1) is 16.3. The topological polar surface area (TPSA) is 85.6 Å². The van der Waals surface area contributed by atoms with Gasteiger partial charge in [0, 0.05) is 22.9 Å². The molecule has 4 rings (SSSR count). The number of carbonyl (C=O) groups excluding carboxylic acids is 1. The molecule has 0 saturated carbocycles. The fraction of sp³-hybridized carbons (Fsp3) is 0.192. The number of aryl methyl sites for hydroxylation is 3. The lowest BCUT2D eigenvalue weighted by Crippen LogP contribution is -2.34. The molecular weight excluding hydrogens is 450 g/mol. The van der Waals surface area contributed by atoms with Crippen LogP contribution in [0.4, 0.5) is 5.69 Å². The van der Waals surface area contributed by atoms with Crippen LogP contribution >= 0.6 is 12.2 Å². The Kier molecular flexibility index (Phi) is 6.51. The van der Waals surface area contributed by atoms with Crippen molar-refractivity contribution in [1.29, 1.82) is 0 Å². The second-order valence-electron chi connectivity index (χ2n) is 7.99. The Morgan fingerprint density at radius 1 is 0.941 bits per heavy atom. The molecule has 0 radical (unpaired) electrons. The predicted octanol–water partition coefficient (Wildman–Crippen LogP) is 5.56. The second kappa shape index (κ2) is 9.52. The van der Waals surface area contributed by atoms with Gasteiger partial charge in [-0.15, -0.1) is 0 Å². The van der Waals surface area contributed by atoms with E-state index in [-0.39, 0.29) is 11.0 Å². The lowest BCUT2D eigenvalue weighted by molar-refractivity contribution is 0.0977. The number of carbonyl (C=O) groups is 1. The largest absolute Gasteiger partial charge is 0.497 e. The van der Waals surface area contributed by atoms with Crippen LogP contribution in [0.1, 0.15) is 27.0 Å². The Labute approximate surface area is 203 Å². The molecule has 0 aliphatic rings. The molecule has 0 aliphatic carbocycles. The lowest BCUT2D eigenvalue weighted by Gasteiger charge is -2.13. The van der Waals surface area contributed by atoms with Crippen molar-refractivity contribution in [3.8, 4) is 23.0 Å². The molecule has 0 unspecified atom stereocenters. The van der Waals surface area contributed by atoms with Gasteiger partial charge in [0.25, 0.3) is 5.91 Å². The fourth-order valence-corrected chi connectivity index (χ4v) is 3.86. The number of nitrogens with one attached hydrogen (secondary N) is 2. The smallest absolute Gasteiger partial charge is 0.257 e. The highest BCUT2D eigenvalue weighted by Gasteiger charge is 2.15. The number of aromatic nitrogens is 1. The van der Waals surface area contributed by atoms with Crippen LogP contribution in [-0.2, 0) is 0 Å². The van der Waals surface area contributed by atoms with E-state index in [9.17, 15) is 4.79 Å². The fourth-order valence-electron chi connectivity index (χ4n) is 3.66. The number of oxazole rings is 1. The third-order valence-electron chi connectivity index (χ3n) is 5.39. The van der Waals surface area contributed by atoms with Crippen LogP contribution in [0.15, 0.2) is 52.9 Å². The summed E-state index contributed by atoms with van der Waals surface area (Å²) < 4.78 is 16.5. The van der Waals surface area contributed by atoms with Crippen LogP contribution in [0.2, 0.25) is 0 Å². The van der Waals surface area contributed by atoms with Crippen molar-refractivity contribution in [1.82, 2.24) is 10.3 Å². The highest BCUT2D eigenvalue weighted by atomic mass is 32.1. The van der Waals surface area contributed by atoms with Gasteiger partial charge in [-0.3, -0.25) is 10.1 Å². The summed E-state index contributed by atoms with van der Waals surface area (Å²) in [4.78, 5) is 17.4. The number of benzene rings is 3. The van der Waals surface area contributed by atoms with E-state index in [0.717, 1.165) is 39.0 Å². The monoisotopic (exact) mass is 475 g/mol. The zero-order valence-electron chi connectivity index (χ0n) is 19.6. The van der Waals surface area contributed by atoms with Gasteiger partial charge in [-0.2, -0.15) is 0 Å². The zero-order chi connectivity index (χ0) is 24.4. The molecule has 0 atom stereocenters. The molecule has 8 heteroatoms. The third kappa shape index (κ3) is 4.87. The molecule has 174 valence electrons. The summed E-state index contributed by atoms with van der Waals surface area (Å²) in [5, 5.41) is 5.96. The standard InChI is InChI=1S/C26H25N3O4S/c1-14-8-16(3)23-22(9-14)27-25(33-23)17-7-6-15(2)21(12-17)28-26(34)29-24(30)18-10-19(31-4)13-20(11-18)32-5/h6-13H,1-5H3,(H2,28,29,30,34). The van der Waals surface area contributed by atoms with Crippen LogP contribution in [0.25, 0.3) is 22.6 Å². The van der Waals surface area contributed by atoms with Crippen molar-refractivity contribution >= 4 is 40.0 Å². The Bertz CT molecular complexity index is 1390. The first-order valence-corrected chi connectivity index (χ1v) is 11.0. The number of rotatable bonds is 5. The number of amides is 1. The van der Waals surface area contributed by atoms with E-state index >= 15 is 0 Å². The maximum absolute atomic E-state index is 12.7. The van der Waals surface area contributed by atoms with Crippen LogP contribution < -0.4 is 20.1 Å². The quantitative estimate of drug-likeness (QED) is 0.365. The summed E-state index contributed by atoms with van der Waals surface area (Å²) in [5.74, 6) is 1.16. The van der Waals surface area contributed by atoms with Gasteiger partial charge in [0.2, 0.25) is 5.89 Å². The molecule has 3 aromatic carbocycles. The average molecular weight is 476 g/mol. The summed E-state index contributed by atoms with van der Waals surface area (Å²) >= 11 is 5.39. The molecule has 1 amide bonds. The second-order valence-corrected chi connectivity index (χ2v) is 8.40. The molecule has 0 fully saturated rings. The number of fused-ring (bicyclic) bond motifs is 1. The third-order valence-corrected chi connectivity index (χ3v) is 5.60. The van der Waals surface area contributed by atoms with Gasteiger partial charge in [0.15, 0.2) is 10.7 Å². The van der Waals surface area contributed by atoms with Crippen LogP contribution in [0.5, 0.6) is 11.5 Å². The van der Waals surface area contributed by atoms with Crippen LogP contribution in [0, 0.1) is 20.8 Å². The zero-order valence-corrected chi connectivity index (χ0v) is 20.4. The summed E-state index contributed by atoms with van der Waals surface area (Å²) in [6, 6.07) is 14.8. The van der Waals surface area contributed by atoms with Gasteiger partial charge < -0.3 is 19.2 Å². The minimum Gasteiger partial charge on any atom is -0.497 e. The lowest BCUT2D eigenvalue weighted by atomic mass is 10.1. The van der Waals surface area contributed by atoms with Crippen molar-refractivity contribution in [2.75, 3.05) is 19.5 Å². The average Bonchev–Trinajstić information content (AvgIpc) is 3.24. The molecule has 1 heterocycles. The molecule has 0 bridgehead atoms. The molecule has 0 aliphatic heterocycles. The van der Waals surface area contributed by atoms with Crippen molar-refractivity contribution in [2.45, 2.75) is 20.8 Å². The van der Waals surface area contributed by atoms with E-state index in [0.29, 0.717) is 23.0 Å². The van der Waals surface area contributed by atoms with E-state index in [1.165, 1.54) is 14.2 Å². The Morgan fingerprint density at radius 2 is 1.65 bits per heavy atom. The van der Waals surface area contributed by atoms with E-state index in [1.54, 1.807) is 18.2 Å². The SMILES string of the molecule is COc1cc(OC)cc(C(=O)NC(=S)Nc2cc(-c3nc4cc(C)cc(C)c4o3)ccc2C)c1. The minimum atomic E-state index is -0.381. The normalized spacial score (nSPS) is 10.7. The van der Waals surface area contributed by atoms with Gasteiger partial charge in [-0.25, -0.2) is 4.98 Å². The summed E-state index contributed by atoms with van der Waals surface area (Å²) in [5.41, 5.74) is 6.61. The van der Waals surface area contributed by atoms with Gasteiger partial charge >= 0.3 is 0 Å². The maximum atomic E-state index is 12.7. The van der Waals surface area contributed by atoms with Gasteiger partial charge in [0.05, 0.1) is 14.2 Å². The Hall–Kier alpha value is -3.91. The van der Waals surface area contributed by atoms with Crippen LogP contribution in [-0.4, -0.2) is 30.2 Å². The molecule has 0 spiro atoms. The number of methoxy groups -OCH3 is 2. The molecule has 1 aromatic heterocycles. The van der Waals surface area contributed by atoms with Crippen molar-refractivity contribution in [3.63, 3.8) is 0 Å². The number of hydrogen-bond donors (Lipinski definition) is 2. The summed E-state index contributed by atoms with van der Waals surface area (Å²) in [7, 11) is 3.05. The van der Waals surface area contributed by atoms with Crippen molar-refractivity contribution < 1.29 is 18.7 Å². The Morgan fingerprint density at radius 3 is 2.32 bits per heavy atom. The van der Waals surface area contributed by atoms with Crippen molar-refractivity contribution in [2.24, 2.45) is 0 Å². The minimum absolute atomic E-state index is 0.163. The maximum Gasteiger partial charge on any atom is 0.257 e. The number of ether oxygens (including phenoxy) is 2. The number of nitrogens with zero attached hydrogens (tertiary/aromatic N) is 1.